The number of phenols is 2. The van der Waals surface area contributed by atoms with Gasteiger partial charge in [-0.2, -0.15) is 0 Å². The predicted molar refractivity (Wildman–Crippen MR) is 185 cm³/mol. The van der Waals surface area contributed by atoms with E-state index in [1.54, 1.807) is 12.4 Å². The molecule has 0 aliphatic rings. The van der Waals surface area contributed by atoms with Crippen molar-refractivity contribution in [1.82, 2.24) is 0 Å². The first kappa shape index (κ1) is 39.6. The zero-order chi connectivity index (χ0) is 33.8. The number of carboxylic acid groups (broad SMARTS) is 1. The van der Waals surface area contributed by atoms with E-state index >= 15 is 0 Å². The molecule has 3 aromatic rings. The molecule has 45 heavy (non-hydrogen) atoms. The van der Waals surface area contributed by atoms with Crippen LogP contribution in [0.4, 0.5) is 11.4 Å². The van der Waals surface area contributed by atoms with Gasteiger partial charge in [0, 0.05) is 58.4 Å². The van der Waals surface area contributed by atoms with E-state index in [0.29, 0.717) is 22.5 Å². The number of hydrogen-bond acceptors (Lipinski definition) is 5. The van der Waals surface area contributed by atoms with Crippen molar-refractivity contribution in [2.24, 2.45) is 9.98 Å². The third-order valence-electron chi connectivity index (χ3n) is 7.19. The van der Waals surface area contributed by atoms with Crippen molar-refractivity contribution in [2.75, 3.05) is 0 Å². The fraction of sp³-hybridized carbons (Fsp3) is 0.447. The molecule has 0 saturated heterocycles. The summed E-state index contributed by atoms with van der Waals surface area (Å²) in [6.45, 7) is 26.8. The second-order valence-electron chi connectivity index (χ2n) is 15.4. The van der Waals surface area contributed by atoms with Crippen LogP contribution in [0.2, 0.25) is 0 Å². The number of phenolic OH excluding ortho intramolecular Hbond substituents is 2. The van der Waals surface area contributed by atoms with E-state index < -0.39 is 5.97 Å². The first-order valence-electron chi connectivity index (χ1n) is 15.1. The number of carboxylic acids is 1. The maximum absolute atomic E-state index is 11.2. The molecule has 0 amide bonds. The molecular formula is C38H52CoN2O4. The van der Waals surface area contributed by atoms with E-state index in [9.17, 15) is 10.2 Å². The average molecular weight is 660 g/mol. The van der Waals surface area contributed by atoms with Gasteiger partial charge in [0.1, 0.15) is 11.5 Å². The Hall–Kier alpha value is -3.42. The van der Waals surface area contributed by atoms with E-state index in [1.807, 2.05) is 36.4 Å². The number of hydrogen-bond donors (Lipinski definition) is 3. The van der Waals surface area contributed by atoms with Crippen LogP contribution in [0.25, 0.3) is 0 Å². The van der Waals surface area contributed by atoms with E-state index in [0.717, 1.165) is 29.2 Å². The van der Waals surface area contributed by atoms with Gasteiger partial charge in [-0.3, -0.25) is 14.8 Å². The summed E-state index contributed by atoms with van der Waals surface area (Å²) < 4.78 is 0. The summed E-state index contributed by atoms with van der Waals surface area (Å²) in [5, 5.41) is 29.8. The van der Waals surface area contributed by atoms with Gasteiger partial charge < -0.3 is 15.3 Å². The number of nitrogens with zero attached hydrogens (tertiary/aromatic N) is 2. The maximum Gasteiger partial charge on any atom is 0.300 e. The van der Waals surface area contributed by atoms with Crippen molar-refractivity contribution in [3.05, 3.63) is 81.9 Å². The van der Waals surface area contributed by atoms with E-state index in [1.165, 1.54) is 0 Å². The molecule has 6 nitrogen and oxygen atoms in total. The number of benzene rings is 3. The molecule has 0 spiro atoms. The molecular weight excluding hydrogens is 607 g/mol. The summed E-state index contributed by atoms with van der Waals surface area (Å²) in [5.74, 6) is -0.326. The molecule has 0 fully saturated rings. The number of carbonyl (C=O) groups is 1. The van der Waals surface area contributed by atoms with Gasteiger partial charge in [0.05, 0.1) is 11.4 Å². The number of para-hydroxylation sites is 2. The smallest absolute Gasteiger partial charge is 0.300 e. The first-order chi connectivity index (χ1) is 19.9. The molecule has 3 aromatic carbocycles. The SMILES string of the molecule is CC(=O)O.CC(C)(C)c1cc(C=Nc2ccccc2N=Cc2cc(C(C)(C)C)cc(C(C)(C)C)c2O)c(O)c(C(C)(C)C)c1.[Co]. The Morgan fingerprint density at radius 3 is 1.13 bits per heavy atom. The van der Waals surface area contributed by atoms with E-state index in [2.05, 4.69) is 95.2 Å². The molecule has 0 unspecified atom stereocenters. The van der Waals surface area contributed by atoms with Crippen molar-refractivity contribution in [2.45, 2.75) is 112 Å². The molecule has 0 bridgehead atoms. The average Bonchev–Trinajstić information content (AvgIpc) is 2.84. The third kappa shape index (κ3) is 11.2. The second-order valence-corrected chi connectivity index (χ2v) is 15.4. The van der Waals surface area contributed by atoms with Crippen molar-refractivity contribution < 1.29 is 36.9 Å². The zero-order valence-corrected chi connectivity index (χ0v) is 30.3. The molecule has 3 N–H and O–H groups in total. The monoisotopic (exact) mass is 659 g/mol. The zero-order valence-electron chi connectivity index (χ0n) is 29.3. The van der Waals surface area contributed by atoms with Gasteiger partial charge in [-0.15, -0.1) is 0 Å². The molecule has 247 valence electrons. The fourth-order valence-electron chi connectivity index (χ4n) is 4.48. The van der Waals surface area contributed by atoms with Crippen LogP contribution in [-0.4, -0.2) is 33.7 Å². The van der Waals surface area contributed by atoms with Crippen LogP contribution >= 0.6 is 0 Å². The molecule has 0 aliphatic heterocycles. The Bertz CT molecular complexity index is 1430. The molecule has 0 aromatic heterocycles. The summed E-state index contributed by atoms with van der Waals surface area (Å²) in [6.07, 6.45) is 3.45. The Kier molecular flexibility index (Phi) is 13.0. The number of aliphatic carboxylic acids is 1. The van der Waals surface area contributed by atoms with Crippen LogP contribution < -0.4 is 0 Å². The quantitative estimate of drug-likeness (QED) is 0.243. The number of rotatable bonds is 4. The van der Waals surface area contributed by atoms with Gasteiger partial charge in [0.2, 0.25) is 0 Å². The maximum atomic E-state index is 11.2. The Morgan fingerprint density at radius 2 is 0.889 bits per heavy atom. The Labute approximate surface area is 281 Å². The van der Waals surface area contributed by atoms with Crippen LogP contribution in [-0.2, 0) is 43.2 Å². The van der Waals surface area contributed by atoms with Crippen LogP contribution in [0.15, 0.2) is 58.5 Å². The molecule has 0 atom stereocenters. The molecule has 1 radical (unpaired) electrons. The van der Waals surface area contributed by atoms with Crippen LogP contribution in [0.5, 0.6) is 11.5 Å². The summed E-state index contributed by atoms with van der Waals surface area (Å²) in [5.41, 5.74) is 6.23. The topological polar surface area (TPSA) is 102 Å². The van der Waals surface area contributed by atoms with Gasteiger partial charge in [-0.05, 0) is 57.1 Å². The van der Waals surface area contributed by atoms with Gasteiger partial charge in [0.15, 0.2) is 0 Å². The molecule has 0 saturated carbocycles. The van der Waals surface area contributed by atoms with Crippen molar-refractivity contribution in [3.8, 4) is 11.5 Å². The second kappa shape index (κ2) is 14.8. The number of aliphatic imine (C=N–C) groups is 2. The minimum absolute atomic E-state index is 0. The third-order valence-corrected chi connectivity index (χ3v) is 7.19. The molecule has 7 heteroatoms. The van der Waals surface area contributed by atoms with Crippen molar-refractivity contribution in [1.29, 1.82) is 0 Å². The van der Waals surface area contributed by atoms with Gasteiger partial charge in [-0.25, -0.2) is 0 Å². The van der Waals surface area contributed by atoms with E-state index in [4.69, 9.17) is 19.9 Å². The molecule has 0 heterocycles. The largest absolute Gasteiger partial charge is 0.507 e. The normalized spacial score (nSPS) is 12.6. The van der Waals surface area contributed by atoms with Crippen molar-refractivity contribution >= 4 is 29.8 Å². The van der Waals surface area contributed by atoms with Gasteiger partial charge >= 0.3 is 0 Å². The Morgan fingerprint density at radius 1 is 0.600 bits per heavy atom. The predicted octanol–water partition coefficient (Wildman–Crippen LogP) is 9.88. The summed E-state index contributed by atoms with van der Waals surface area (Å²) in [6, 6.07) is 15.9. The standard InChI is InChI=1S/C36H48N2O2.C2H4O2.Co/c1-33(2,3)25-17-23(31(39)27(19-25)35(7,8)9)21-37-29-15-13-14-16-30(29)38-22-24-18-26(34(4,5)6)20-28(32(24)40)36(10,11)12;1-2(3)4;/h13-22,39-40H,1-12H3;1H3,(H,3,4);. The van der Waals surface area contributed by atoms with Crippen LogP contribution in [0, 0.1) is 0 Å². The number of aromatic hydroxyl groups is 2. The van der Waals surface area contributed by atoms with E-state index in [-0.39, 0.29) is 49.9 Å². The fourth-order valence-corrected chi connectivity index (χ4v) is 4.48. The minimum Gasteiger partial charge on any atom is -0.507 e. The van der Waals surface area contributed by atoms with Gasteiger partial charge in [0.25, 0.3) is 5.97 Å². The van der Waals surface area contributed by atoms with Crippen LogP contribution in [0.1, 0.15) is 123 Å². The molecule has 3 rings (SSSR count). The first-order valence-corrected chi connectivity index (χ1v) is 15.1. The minimum atomic E-state index is -0.833. The van der Waals surface area contributed by atoms with Crippen molar-refractivity contribution in [3.63, 3.8) is 0 Å². The summed E-state index contributed by atoms with van der Waals surface area (Å²) in [4.78, 5) is 18.5. The Balaban J connectivity index is 0.00000191. The summed E-state index contributed by atoms with van der Waals surface area (Å²) in [7, 11) is 0. The summed E-state index contributed by atoms with van der Waals surface area (Å²) >= 11 is 0. The molecule has 0 aliphatic carbocycles. The van der Waals surface area contributed by atoms with Gasteiger partial charge in [-0.1, -0.05) is 107 Å². The van der Waals surface area contributed by atoms with Crippen LogP contribution in [0.3, 0.4) is 0 Å².